The number of nitrogens with two attached hydrogens (primary N) is 1. The number of anilines is 1. The second-order valence-corrected chi connectivity index (χ2v) is 7.69. The van der Waals surface area contributed by atoms with Gasteiger partial charge in [0.25, 0.3) is 0 Å². The van der Waals surface area contributed by atoms with Crippen molar-refractivity contribution in [1.29, 1.82) is 0 Å². The lowest BCUT2D eigenvalue weighted by Crippen LogP contribution is -2.35. The monoisotopic (exact) mass is 362 g/mol. The number of halogens is 1. The first kappa shape index (κ1) is 15.8. The van der Waals surface area contributed by atoms with Crippen molar-refractivity contribution in [2.45, 2.75) is 18.2 Å². The van der Waals surface area contributed by atoms with Crippen molar-refractivity contribution in [1.82, 2.24) is 4.31 Å². The average Bonchev–Trinajstić information content (AvgIpc) is 2.88. The largest absolute Gasteiger partial charge is 0.398 e. The molecule has 7 heteroatoms. The van der Waals surface area contributed by atoms with Gasteiger partial charge < -0.3 is 10.5 Å². The summed E-state index contributed by atoms with van der Waals surface area (Å²) in [5.74, 6) is 0.265. The van der Waals surface area contributed by atoms with Gasteiger partial charge in [0.05, 0.1) is 12.3 Å². The first-order valence-corrected chi connectivity index (χ1v) is 8.81. The molecule has 0 saturated carbocycles. The first-order valence-electron chi connectivity index (χ1n) is 6.58. The molecule has 1 saturated heterocycles. The lowest BCUT2D eigenvalue weighted by Gasteiger charge is -2.23. The molecule has 20 heavy (non-hydrogen) atoms. The van der Waals surface area contributed by atoms with Crippen molar-refractivity contribution in [2.24, 2.45) is 5.92 Å². The van der Waals surface area contributed by atoms with Crippen LogP contribution >= 0.6 is 15.9 Å². The molecule has 0 spiro atoms. The highest BCUT2D eigenvalue weighted by atomic mass is 79.9. The average molecular weight is 363 g/mol. The molecule has 0 radical (unpaired) electrons. The number of ether oxygens (including phenoxy) is 1. The SMILES string of the molecule is CCN(CC1CCOC1)S(=O)(=O)c1ccc(Br)cc1N. The highest BCUT2D eigenvalue weighted by molar-refractivity contribution is 9.10. The summed E-state index contributed by atoms with van der Waals surface area (Å²) in [5.41, 5.74) is 6.11. The Kier molecular flexibility index (Phi) is 5.06. The van der Waals surface area contributed by atoms with Crippen LogP contribution < -0.4 is 5.73 Å². The summed E-state index contributed by atoms with van der Waals surface area (Å²) in [7, 11) is -3.55. The van der Waals surface area contributed by atoms with Crippen LogP contribution in [0.2, 0.25) is 0 Å². The molecular weight excluding hydrogens is 344 g/mol. The number of hydrogen-bond acceptors (Lipinski definition) is 4. The van der Waals surface area contributed by atoms with Crippen LogP contribution in [0.25, 0.3) is 0 Å². The minimum atomic E-state index is -3.55. The molecule has 1 aromatic rings. The van der Waals surface area contributed by atoms with Gasteiger partial charge in [0.2, 0.25) is 10.0 Å². The Morgan fingerprint density at radius 2 is 2.25 bits per heavy atom. The van der Waals surface area contributed by atoms with Gasteiger partial charge >= 0.3 is 0 Å². The zero-order chi connectivity index (χ0) is 14.8. The van der Waals surface area contributed by atoms with Gasteiger partial charge in [-0.3, -0.25) is 0 Å². The van der Waals surface area contributed by atoms with Crippen molar-refractivity contribution in [3.05, 3.63) is 22.7 Å². The van der Waals surface area contributed by atoms with Crippen molar-refractivity contribution < 1.29 is 13.2 Å². The number of sulfonamides is 1. The number of nitrogens with zero attached hydrogens (tertiary/aromatic N) is 1. The van der Waals surface area contributed by atoms with Gasteiger partial charge in [0, 0.05) is 24.2 Å². The van der Waals surface area contributed by atoms with E-state index in [1.54, 1.807) is 18.2 Å². The van der Waals surface area contributed by atoms with E-state index in [-0.39, 0.29) is 16.5 Å². The van der Waals surface area contributed by atoms with Gasteiger partial charge in [0.15, 0.2) is 0 Å². The second kappa shape index (κ2) is 6.43. The van der Waals surface area contributed by atoms with Crippen molar-refractivity contribution in [2.75, 3.05) is 32.0 Å². The standard InChI is InChI=1S/C13H19BrN2O3S/c1-2-16(8-10-5-6-19-9-10)20(17,18)13-4-3-11(14)7-12(13)15/h3-4,7,10H,2,5-6,8-9,15H2,1H3. The fourth-order valence-electron chi connectivity index (χ4n) is 2.31. The molecule has 1 atom stereocenters. The smallest absolute Gasteiger partial charge is 0.245 e. The van der Waals surface area contributed by atoms with E-state index in [9.17, 15) is 8.42 Å². The quantitative estimate of drug-likeness (QED) is 0.813. The van der Waals surface area contributed by atoms with Gasteiger partial charge in [-0.1, -0.05) is 22.9 Å². The van der Waals surface area contributed by atoms with Crippen LogP contribution in [0.4, 0.5) is 5.69 Å². The third-order valence-corrected chi connectivity index (χ3v) is 5.94. The summed E-state index contributed by atoms with van der Waals surface area (Å²) < 4.78 is 32.9. The molecule has 1 aliphatic rings. The lowest BCUT2D eigenvalue weighted by atomic mass is 10.1. The predicted octanol–water partition coefficient (Wildman–Crippen LogP) is 2.08. The number of rotatable bonds is 5. The van der Waals surface area contributed by atoms with Crippen LogP contribution in [0.15, 0.2) is 27.6 Å². The van der Waals surface area contributed by atoms with E-state index in [0.717, 1.165) is 10.9 Å². The summed E-state index contributed by atoms with van der Waals surface area (Å²) in [4.78, 5) is 0.168. The van der Waals surface area contributed by atoms with E-state index in [1.165, 1.54) is 4.31 Å². The van der Waals surface area contributed by atoms with Gasteiger partial charge in [-0.05, 0) is 30.5 Å². The maximum absolute atomic E-state index is 12.7. The Morgan fingerprint density at radius 1 is 1.50 bits per heavy atom. The van der Waals surface area contributed by atoms with Crippen LogP contribution in [-0.2, 0) is 14.8 Å². The molecule has 1 unspecified atom stereocenters. The molecule has 0 amide bonds. The summed E-state index contributed by atoms with van der Waals surface area (Å²) >= 11 is 3.28. The molecule has 1 heterocycles. The van der Waals surface area contributed by atoms with Gasteiger partial charge in [0.1, 0.15) is 4.90 Å². The minimum absolute atomic E-state index is 0.168. The Morgan fingerprint density at radius 3 is 2.80 bits per heavy atom. The van der Waals surface area contributed by atoms with Crippen LogP contribution in [0.5, 0.6) is 0 Å². The maximum Gasteiger partial charge on any atom is 0.245 e. The van der Waals surface area contributed by atoms with E-state index in [2.05, 4.69) is 15.9 Å². The molecule has 2 N–H and O–H groups in total. The van der Waals surface area contributed by atoms with Crippen LogP contribution in [-0.4, -0.2) is 39.0 Å². The van der Waals surface area contributed by atoms with Crippen molar-refractivity contribution in [3.63, 3.8) is 0 Å². The van der Waals surface area contributed by atoms with Gasteiger partial charge in [-0.2, -0.15) is 4.31 Å². The molecular formula is C13H19BrN2O3S. The molecule has 1 fully saturated rings. The third-order valence-electron chi connectivity index (χ3n) is 3.43. The summed E-state index contributed by atoms with van der Waals surface area (Å²) in [6, 6.07) is 4.84. The highest BCUT2D eigenvalue weighted by Gasteiger charge is 2.29. The van der Waals surface area contributed by atoms with E-state index in [4.69, 9.17) is 10.5 Å². The molecule has 0 aliphatic carbocycles. The number of benzene rings is 1. The van der Waals surface area contributed by atoms with Crippen LogP contribution in [0, 0.1) is 5.92 Å². The first-order chi connectivity index (χ1) is 9.45. The maximum atomic E-state index is 12.7. The van der Waals surface area contributed by atoms with Crippen molar-refractivity contribution in [3.8, 4) is 0 Å². The molecule has 1 aromatic carbocycles. The van der Waals surface area contributed by atoms with Gasteiger partial charge in [-0.15, -0.1) is 0 Å². The Hall–Kier alpha value is -0.630. The van der Waals surface area contributed by atoms with Crippen molar-refractivity contribution >= 4 is 31.6 Å². The van der Waals surface area contributed by atoms with Crippen LogP contribution in [0.1, 0.15) is 13.3 Å². The third kappa shape index (κ3) is 3.33. The molecule has 112 valence electrons. The molecule has 5 nitrogen and oxygen atoms in total. The summed E-state index contributed by atoms with van der Waals surface area (Å²) in [5, 5.41) is 0. The fraction of sp³-hybridized carbons (Fsp3) is 0.538. The fourth-order valence-corrected chi connectivity index (χ4v) is 4.31. The second-order valence-electron chi connectivity index (χ2n) is 4.87. The highest BCUT2D eigenvalue weighted by Crippen LogP contribution is 2.27. The van der Waals surface area contributed by atoms with Gasteiger partial charge in [-0.25, -0.2) is 8.42 Å². The molecule has 2 rings (SSSR count). The molecule has 0 bridgehead atoms. The topological polar surface area (TPSA) is 72.6 Å². The van der Waals surface area contributed by atoms with Crippen LogP contribution in [0.3, 0.4) is 0 Å². The van der Waals surface area contributed by atoms with E-state index >= 15 is 0 Å². The Bertz CT molecular complexity index is 571. The predicted molar refractivity (Wildman–Crippen MR) is 81.9 cm³/mol. The van der Waals surface area contributed by atoms with E-state index in [0.29, 0.717) is 26.3 Å². The molecule has 1 aliphatic heterocycles. The summed E-state index contributed by atoms with van der Waals surface area (Å²) in [6.45, 7) is 4.08. The Labute approximate surface area is 128 Å². The van der Waals surface area contributed by atoms with E-state index in [1.807, 2.05) is 6.92 Å². The number of hydrogen-bond donors (Lipinski definition) is 1. The molecule has 0 aromatic heterocycles. The lowest BCUT2D eigenvalue weighted by molar-refractivity contribution is 0.181. The zero-order valence-electron chi connectivity index (χ0n) is 11.4. The minimum Gasteiger partial charge on any atom is -0.398 e. The zero-order valence-corrected chi connectivity index (χ0v) is 13.8. The van der Waals surface area contributed by atoms with E-state index < -0.39 is 10.0 Å². The summed E-state index contributed by atoms with van der Waals surface area (Å²) in [6.07, 6.45) is 0.905. The normalized spacial score (nSPS) is 19.6. The Balaban J connectivity index is 2.26. The number of nitrogen functional groups attached to an aromatic ring is 1.